The van der Waals surface area contributed by atoms with Crippen molar-refractivity contribution in [3.63, 3.8) is 0 Å². The number of nitriles is 1. The van der Waals surface area contributed by atoms with Gasteiger partial charge in [0.15, 0.2) is 0 Å². The van der Waals surface area contributed by atoms with E-state index in [9.17, 15) is 0 Å². The first kappa shape index (κ1) is 9.87. The molecule has 78 valence electrons. The van der Waals surface area contributed by atoms with Gasteiger partial charge in [0.05, 0.1) is 19.3 Å². The quantitative estimate of drug-likeness (QED) is 0.669. The smallest absolute Gasteiger partial charge is 0.226 e. The van der Waals surface area contributed by atoms with E-state index < -0.39 is 0 Å². The third kappa shape index (κ3) is 2.05. The average Bonchev–Trinajstić information content (AvgIpc) is 2.30. The Morgan fingerprint density at radius 3 is 3.27 bits per heavy atom. The van der Waals surface area contributed by atoms with Gasteiger partial charge in [0.2, 0.25) is 5.95 Å². The SMILES string of the molecule is C[C@@H]1COCCN1c1nccc(C#N)n1. The highest BCUT2D eigenvalue weighted by atomic mass is 16.5. The summed E-state index contributed by atoms with van der Waals surface area (Å²) in [5.41, 5.74) is 0.402. The van der Waals surface area contributed by atoms with Gasteiger partial charge in [-0.1, -0.05) is 0 Å². The van der Waals surface area contributed by atoms with Crippen LogP contribution in [0.25, 0.3) is 0 Å². The topological polar surface area (TPSA) is 62.0 Å². The molecule has 0 spiro atoms. The van der Waals surface area contributed by atoms with Crippen molar-refractivity contribution in [2.24, 2.45) is 0 Å². The van der Waals surface area contributed by atoms with Crippen molar-refractivity contribution in [1.82, 2.24) is 9.97 Å². The molecule has 1 aromatic heterocycles. The zero-order valence-electron chi connectivity index (χ0n) is 8.55. The summed E-state index contributed by atoms with van der Waals surface area (Å²) in [6.45, 7) is 4.20. The second kappa shape index (κ2) is 4.24. The lowest BCUT2D eigenvalue weighted by Crippen LogP contribution is -2.44. The van der Waals surface area contributed by atoms with Crippen molar-refractivity contribution in [1.29, 1.82) is 5.26 Å². The predicted octanol–water partition coefficient (Wildman–Crippen LogP) is 0.573. The highest BCUT2D eigenvalue weighted by Crippen LogP contribution is 2.14. The van der Waals surface area contributed by atoms with E-state index in [0.717, 1.165) is 6.54 Å². The number of morpholine rings is 1. The minimum Gasteiger partial charge on any atom is -0.377 e. The van der Waals surface area contributed by atoms with Gasteiger partial charge in [-0.3, -0.25) is 0 Å². The van der Waals surface area contributed by atoms with E-state index in [-0.39, 0.29) is 6.04 Å². The van der Waals surface area contributed by atoms with Gasteiger partial charge < -0.3 is 9.64 Å². The zero-order chi connectivity index (χ0) is 10.7. The molecule has 0 aromatic carbocycles. The summed E-state index contributed by atoms with van der Waals surface area (Å²) in [7, 11) is 0. The van der Waals surface area contributed by atoms with E-state index in [4.69, 9.17) is 10.00 Å². The zero-order valence-corrected chi connectivity index (χ0v) is 8.55. The molecule has 1 saturated heterocycles. The molecule has 15 heavy (non-hydrogen) atoms. The van der Waals surface area contributed by atoms with Crippen molar-refractivity contribution < 1.29 is 4.74 Å². The number of hydrogen-bond acceptors (Lipinski definition) is 5. The Bertz CT molecular complexity index is 387. The number of aromatic nitrogens is 2. The summed E-state index contributed by atoms with van der Waals surface area (Å²) in [4.78, 5) is 10.4. The molecule has 5 heteroatoms. The van der Waals surface area contributed by atoms with Crippen LogP contribution >= 0.6 is 0 Å². The Morgan fingerprint density at radius 2 is 2.53 bits per heavy atom. The molecule has 0 bridgehead atoms. The first-order valence-corrected chi connectivity index (χ1v) is 4.89. The molecule has 0 amide bonds. The first-order chi connectivity index (χ1) is 7.31. The molecule has 1 atom stereocenters. The molecule has 2 rings (SSSR count). The first-order valence-electron chi connectivity index (χ1n) is 4.89. The highest BCUT2D eigenvalue weighted by molar-refractivity contribution is 5.35. The molecular weight excluding hydrogens is 192 g/mol. The van der Waals surface area contributed by atoms with Crippen molar-refractivity contribution in [3.05, 3.63) is 18.0 Å². The largest absolute Gasteiger partial charge is 0.377 e. The molecule has 0 aliphatic carbocycles. The van der Waals surface area contributed by atoms with Crippen molar-refractivity contribution >= 4 is 5.95 Å². The molecule has 1 fully saturated rings. The molecule has 1 aromatic rings. The van der Waals surface area contributed by atoms with Gasteiger partial charge in [-0.05, 0) is 13.0 Å². The minimum absolute atomic E-state index is 0.257. The monoisotopic (exact) mass is 204 g/mol. The van der Waals surface area contributed by atoms with Crippen molar-refractivity contribution in [2.75, 3.05) is 24.7 Å². The third-order valence-corrected chi connectivity index (χ3v) is 2.38. The van der Waals surface area contributed by atoms with Crippen LogP contribution in [-0.2, 0) is 4.74 Å². The second-order valence-corrected chi connectivity index (χ2v) is 3.47. The van der Waals surface area contributed by atoms with Gasteiger partial charge >= 0.3 is 0 Å². The number of anilines is 1. The van der Waals surface area contributed by atoms with Gasteiger partial charge in [0.1, 0.15) is 11.8 Å². The van der Waals surface area contributed by atoms with Crippen LogP contribution in [0.5, 0.6) is 0 Å². The summed E-state index contributed by atoms with van der Waals surface area (Å²) in [5.74, 6) is 0.616. The van der Waals surface area contributed by atoms with Crippen LogP contribution in [0, 0.1) is 11.3 Å². The Morgan fingerprint density at radius 1 is 1.67 bits per heavy atom. The van der Waals surface area contributed by atoms with Gasteiger partial charge in [-0.15, -0.1) is 0 Å². The van der Waals surface area contributed by atoms with Gasteiger partial charge in [-0.25, -0.2) is 9.97 Å². The van der Waals surface area contributed by atoms with Gasteiger partial charge in [-0.2, -0.15) is 5.26 Å². The summed E-state index contributed by atoms with van der Waals surface area (Å²) in [6, 6.07) is 3.88. The Kier molecular flexibility index (Phi) is 2.79. The fourth-order valence-corrected chi connectivity index (χ4v) is 1.57. The van der Waals surface area contributed by atoms with Crippen LogP contribution in [0.1, 0.15) is 12.6 Å². The standard InChI is InChI=1S/C10H12N4O/c1-8-7-15-5-4-14(8)10-12-3-2-9(6-11)13-10/h2-3,8H,4-5,7H2,1H3/t8-/m1/s1. The van der Waals surface area contributed by atoms with Gasteiger partial charge in [0.25, 0.3) is 0 Å². The maximum atomic E-state index is 8.74. The number of rotatable bonds is 1. The lowest BCUT2D eigenvalue weighted by molar-refractivity contribution is 0.0981. The van der Waals surface area contributed by atoms with Crippen LogP contribution in [0.2, 0.25) is 0 Å². The van der Waals surface area contributed by atoms with E-state index in [2.05, 4.69) is 21.8 Å². The van der Waals surface area contributed by atoms with Crippen LogP contribution in [0.15, 0.2) is 12.3 Å². The number of ether oxygens (including phenoxy) is 1. The fraction of sp³-hybridized carbons (Fsp3) is 0.500. The average molecular weight is 204 g/mol. The normalized spacial score (nSPS) is 21.1. The Hall–Kier alpha value is -1.67. The van der Waals surface area contributed by atoms with Crippen LogP contribution in [0.4, 0.5) is 5.95 Å². The Balaban J connectivity index is 2.24. The number of nitrogens with zero attached hydrogens (tertiary/aromatic N) is 4. The second-order valence-electron chi connectivity index (χ2n) is 3.47. The van der Waals surface area contributed by atoms with E-state index in [1.165, 1.54) is 0 Å². The lowest BCUT2D eigenvalue weighted by atomic mass is 10.3. The molecule has 0 saturated carbocycles. The molecule has 2 heterocycles. The summed E-state index contributed by atoms with van der Waals surface area (Å²) in [5, 5.41) is 8.74. The van der Waals surface area contributed by atoms with Crippen LogP contribution in [0.3, 0.4) is 0 Å². The van der Waals surface area contributed by atoms with Crippen LogP contribution < -0.4 is 4.90 Å². The molecular formula is C10H12N4O. The van der Waals surface area contributed by atoms with E-state index in [0.29, 0.717) is 24.9 Å². The van der Waals surface area contributed by atoms with Crippen molar-refractivity contribution in [3.8, 4) is 6.07 Å². The summed E-state index contributed by atoms with van der Waals surface area (Å²) < 4.78 is 5.33. The Labute approximate surface area is 88.3 Å². The van der Waals surface area contributed by atoms with Crippen LogP contribution in [-0.4, -0.2) is 35.8 Å². The van der Waals surface area contributed by atoms with Crippen molar-refractivity contribution in [2.45, 2.75) is 13.0 Å². The molecule has 0 radical (unpaired) electrons. The molecule has 5 nitrogen and oxygen atoms in total. The maximum absolute atomic E-state index is 8.74. The van der Waals surface area contributed by atoms with Gasteiger partial charge in [0, 0.05) is 12.7 Å². The highest BCUT2D eigenvalue weighted by Gasteiger charge is 2.21. The summed E-state index contributed by atoms with van der Waals surface area (Å²) in [6.07, 6.45) is 1.61. The molecule has 1 aliphatic rings. The molecule has 0 unspecified atom stereocenters. The molecule has 0 N–H and O–H groups in total. The number of hydrogen-bond donors (Lipinski definition) is 0. The minimum atomic E-state index is 0.257. The predicted molar refractivity (Wildman–Crippen MR) is 54.4 cm³/mol. The fourth-order valence-electron chi connectivity index (χ4n) is 1.57. The molecule has 1 aliphatic heterocycles. The summed E-state index contributed by atoms with van der Waals surface area (Å²) >= 11 is 0. The lowest BCUT2D eigenvalue weighted by Gasteiger charge is -2.33. The van der Waals surface area contributed by atoms with E-state index in [1.807, 2.05) is 6.07 Å². The maximum Gasteiger partial charge on any atom is 0.226 e. The van der Waals surface area contributed by atoms with E-state index >= 15 is 0 Å². The third-order valence-electron chi connectivity index (χ3n) is 2.38. The van der Waals surface area contributed by atoms with E-state index in [1.54, 1.807) is 12.3 Å².